The van der Waals surface area contributed by atoms with Crippen LogP contribution in [0, 0.1) is 11.8 Å². The highest BCUT2D eigenvalue weighted by Gasteiger charge is 2.41. The van der Waals surface area contributed by atoms with Crippen LogP contribution in [0.15, 0.2) is 152 Å². The Morgan fingerprint density at radius 1 is 0.526 bits per heavy atom. The van der Waals surface area contributed by atoms with Crippen LogP contribution < -0.4 is 4.90 Å². The smallest absolute Gasteiger partial charge is 0.0543 e. The van der Waals surface area contributed by atoms with E-state index < -0.39 is 0 Å². The van der Waals surface area contributed by atoms with Gasteiger partial charge in [-0.3, -0.25) is 0 Å². The van der Waals surface area contributed by atoms with Crippen LogP contribution in [0.25, 0.3) is 44.2 Å². The Morgan fingerprint density at radius 2 is 1.25 bits per heavy atom. The number of fused-ring (bicyclic) bond motifs is 6. The standard InChI is InChI=1S/C56H53N/c1-56(2)52-21-9-8-19-48(52)50-32-33-53(54(55(50)56)49-20-11-15-40-14-6-7-18-47(40)49)57(46-30-26-41(27-31-46)51-35-37-22-23-44(51)34-37)45-28-24-39(25-29-45)43-17-10-16-42(36-43)38-12-4-3-5-13-38/h6-11,14-21,24-33,36-38,44,51H,3-5,12-13,22-23,34-35H2,1-2H3. The lowest BCUT2D eigenvalue weighted by Gasteiger charge is -2.33. The van der Waals surface area contributed by atoms with Crippen LogP contribution in [0.1, 0.15) is 106 Å². The monoisotopic (exact) mass is 739 g/mol. The Balaban J connectivity index is 1.09. The van der Waals surface area contributed by atoms with Crippen LogP contribution in [0.4, 0.5) is 17.1 Å². The molecular weight excluding hydrogens is 687 g/mol. The molecule has 3 fully saturated rings. The Kier molecular flexibility index (Phi) is 8.50. The quantitative estimate of drug-likeness (QED) is 0.157. The van der Waals surface area contributed by atoms with Crippen LogP contribution in [0.2, 0.25) is 0 Å². The molecule has 0 heterocycles. The molecule has 11 rings (SSSR count). The summed E-state index contributed by atoms with van der Waals surface area (Å²) in [6.07, 6.45) is 12.4. The van der Waals surface area contributed by atoms with E-state index in [4.69, 9.17) is 0 Å². The second kappa shape index (κ2) is 13.9. The van der Waals surface area contributed by atoms with Gasteiger partial charge < -0.3 is 4.90 Å². The first kappa shape index (κ1) is 34.8. The van der Waals surface area contributed by atoms with E-state index in [2.05, 4.69) is 170 Å². The van der Waals surface area contributed by atoms with Gasteiger partial charge in [0.15, 0.2) is 0 Å². The van der Waals surface area contributed by atoms with Crippen molar-refractivity contribution in [2.45, 2.75) is 88.9 Å². The van der Waals surface area contributed by atoms with Crippen molar-refractivity contribution < 1.29 is 0 Å². The van der Waals surface area contributed by atoms with E-state index in [-0.39, 0.29) is 5.41 Å². The van der Waals surface area contributed by atoms with Crippen molar-refractivity contribution in [1.29, 1.82) is 0 Å². The molecule has 4 aliphatic rings. The molecule has 0 aromatic heterocycles. The maximum absolute atomic E-state index is 2.56. The summed E-state index contributed by atoms with van der Waals surface area (Å²) in [6.45, 7) is 4.86. The van der Waals surface area contributed by atoms with Crippen LogP contribution >= 0.6 is 0 Å². The summed E-state index contributed by atoms with van der Waals surface area (Å²) < 4.78 is 0. The first-order valence-electron chi connectivity index (χ1n) is 21.9. The Labute approximate surface area is 339 Å². The second-order valence-electron chi connectivity index (χ2n) is 18.3. The molecule has 1 heteroatoms. The Morgan fingerprint density at radius 3 is 2.04 bits per heavy atom. The van der Waals surface area contributed by atoms with Crippen molar-refractivity contribution in [1.82, 2.24) is 0 Å². The van der Waals surface area contributed by atoms with Crippen molar-refractivity contribution >= 4 is 27.8 Å². The SMILES string of the molecule is CC1(C)c2ccccc2-c2ccc(N(c3ccc(-c4cccc(C5CCCCC5)c4)cc3)c3ccc(C4CC5CCC4C5)cc3)c(-c3cccc4ccccc34)c21. The molecule has 1 nitrogen and oxygen atoms in total. The normalized spacial score (nSPS) is 20.8. The van der Waals surface area contributed by atoms with Gasteiger partial charge in [0.2, 0.25) is 0 Å². The van der Waals surface area contributed by atoms with Crippen LogP contribution in [0.3, 0.4) is 0 Å². The van der Waals surface area contributed by atoms with Gasteiger partial charge in [-0.1, -0.05) is 161 Å². The molecule has 7 aromatic rings. The molecule has 0 aliphatic heterocycles. The summed E-state index contributed by atoms with van der Waals surface area (Å²) >= 11 is 0. The molecule has 0 N–H and O–H groups in total. The molecule has 3 atom stereocenters. The number of anilines is 3. The summed E-state index contributed by atoms with van der Waals surface area (Å²) in [5.74, 6) is 3.19. The predicted molar refractivity (Wildman–Crippen MR) is 241 cm³/mol. The third kappa shape index (κ3) is 5.88. The van der Waals surface area contributed by atoms with Gasteiger partial charge in [0.1, 0.15) is 0 Å². The van der Waals surface area contributed by atoms with Gasteiger partial charge >= 0.3 is 0 Å². The molecule has 0 spiro atoms. The average Bonchev–Trinajstić information content (AvgIpc) is 3.97. The van der Waals surface area contributed by atoms with E-state index in [1.165, 1.54) is 141 Å². The Bertz CT molecular complexity index is 2600. The molecule has 3 saturated carbocycles. The molecular formula is C56H53N. The van der Waals surface area contributed by atoms with Crippen molar-refractivity contribution in [2.24, 2.45) is 11.8 Å². The fraction of sp³-hybridized carbons (Fsp3) is 0.286. The maximum atomic E-state index is 2.56. The highest BCUT2D eigenvalue weighted by atomic mass is 15.1. The minimum Gasteiger partial charge on any atom is -0.310 e. The van der Waals surface area contributed by atoms with Gasteiger partial charge in [-0.2, -0.15) is 0 Å². The third-order valence-corrected chi connectivity index (χ3v) is 14.7. The summed E-state index contributed by atoms with van der Waals surface area (Å²) in [4.78, 5) is 2.56. The number of hydrogen-bond acceptors (Lipinski definition) is 1. The number of rotatable bonds is 7. The molecule has 3 unspecified atom stereocenters. The number of benzene rings is 7. The first-order valence-corrected chi connectivity index (χ1v) is 21.9. The molecule has 7 aromatic carbocycles. The predicted octanol–water partition coefficient (Wildman–Crippen LogP) is 15.9. The zero-order valence-corrected chi connectivity index (χ0v) is 33.6. The zero-order chi connectivity index (χ0) is 38.1. The number of hydrogen-bond donors (Lipinski definition) is 0. The average molecular weight is 740 g/mol. The van der Waals surface area contributed by atoms with E-state index in [0.717, 1.165) is 11.8 Å². The molecule has 0 radical (unpaired) electrons. The largest absolute Gasteiger partial charge is 0.310 e. The molecule has 57 heavy (non-hydrogen) atoms. The maximum Gasteiger partial charge on any atom is 0.0543 e. The third-order valence-electron chi connectivity index (χ3n) is 14.7. The highest BCUT2D eigenvalue weighted by Crippen LogP contribution is 2.57. The minimum atomic E-state index is -0.182. The summed E-state index contributed by atoms with van der Waals surface area (Å²) in [7, 11) is 0. The topological polar surface area (TPSA) is 3.24 Å². The van der Waals surface area contributed by atoms with Gasteiger partial charge in [0.25, 0.3) is 0 Å². The van der Waals surface area contributed by atoms with E-state index in [1.54, 1.807) is 0 Å². The zero-order valence-electron chi connectivity index (χ0n) is 33.6. The molecule has 4 aliphatic carbocycles. The van der Waals surface area contributed by atoms with Gasteiger partial charge in [-0.05, 0) is 147 Å². The van der Waals surface area contributed by atoms with Gasteiger partial charge in [0.05, 0.1) is 5.69 Å². The lowest BCUT2D eigenvalue weighted by atomic mass is 9.77. The lowest BCUT2D eigenvalue weighted by molar-refractivity contribution is 0.420. The van der Waals surface area contributed by atoms with Crippen molar-refractivity contribution in [3.8, 4) is 33.4 Å². The van der Waals surface area contributed by atoms with Crippen LogP contribution in [-0.4, -0.2) is 0 Å². The van der Waals surface area contributed by atoms with E-state index in [1.807, 2.05) is 0 Å². The van der Waals surface area contributed by atoms with Crippen LogP contribution in [0.5, 0.6) is 0 Å². The van der Waals surface area contributed by atoms with Gasteiger partial charge in [-0.25, -0.2) is 0 Å². The summed E-state index contributed by atoms with van der Waals surface area (Å²) in [6, 6.07) is 58.3. The molecule has 0 saturated heterocycles. The first-order chi connectivity index (χ1) is 28.0. The van der Waals surface area contributed by atoms with Gasteiger partial charge in [0, 0.05) is 22.4 Å². The van der Waals surface area contributed by atoms with Crippen LogP contribution in [-0.2, 0) is 5.41 Å². The number of nitrogens with zero attached hydrogens (tertiary/aromatic N) is 1. The highest BCUT2D eigenvalue weighted by molar-refractivity contribution is 6.05. The van der Waals surface area contributed by atoms with E-state index in [0.29, 0.717) is 11.8 Å². The second-order valence-corrected chi connectivity index (χ2v) is 18.3. The minimum absolute atomic E-state index is 0.182. The fourth-order valence-electron chi connectivity index (χ4n) is 11.9. The fourth-order valence-corrected chi connectivity index (χ4v) is 11.9. The van der Waals surface area contributed by atoms with E-state index in [9.17, 15) is 0 Å². The summed E-state index contributed by atoms with van der Waals surface area (Å²) in [5, 5.41) is 2.56. The van der Waals surface area contributed by atoms with Crippen molar-refractivity contribution in [3.05, 3.63) is 174 Å². The van der Waals surface area contributed by atoms with Crippen molar-refractivity contribution in [2.75, 3.05) is 4.90 Å². The summed E-state index contributed by atoms with van der Waals surface area (Å²) in [5.41, 5.74) is 17.2. The Hall–Kier alpha value is -5.40. The van der Waals surface area contributed by atoms with Gasteiger partial charge in [-0.15, -0.1) is 0 Å². The molecule has 282 valence electrons. The molecule has 2 bridgehead atoms. The molecule has 0 amide bonds. The van der Waals surface area contributed by atoms with E-state index >= 15 is 0 Å². The lowest BCUT2D eigenvalue weighted by Crippen LogP contribution is -2.19. The van der Waals surface area contributed by atoms with Crippen molar-refractivity contribution in [3.63, 3.8) is 0 Å².